The topological polar surface area (TPSA) is 29.5 Å². The zero-order valence-corrected chi connectivity index (χ0v) is 12.0. The van der Waals surface area contributed by atoms with Gasteiger partial charge in [0.1, 0.15) is 17.7 Å². The third kappa shape index (κ3) is 3.14. The van der Waals surface area contributed by atoms with Crippen LogP contribution in [0, 0.1) is 5.82 Å². The molecule has 2 nitrogen and oxygen atoms in total. The van der Waals surface area contributed by atoms with Crippen molar-refractivity contribution in [3.05, 3.63) is 63.9 Å². The van der Waals surface area contributed by atoms with Gasteiger partial charge in [0.2, 0.25) is 0 Å². The summed E-state index contributed by atoms with van der Waals surface area (Å²) in [5.41, 5.74) is 0.827. The maximum absolute atomic E-state index is 13.8. The van der Waals surface area contributed by atoms with E-state index in [1.807, 2.05) is 6.92 Å². The molecule has 0 bridgehead atoms. The fourth-order valence-electron chi connectivity index (χ4n) is 1.88. The summed E-state index contributed by atoms with van der Waals surface area (Å²) in [7, 11) is 0. The second-order valence-corrected chi connectivity index (χ2v) is 4.90. The Morgan fingerprint density at radius 1 is 1.26 bits per heavy atom. The lowest BCUT2D eigenvalue weighted by molar-refractivity contribution is 0.213. The summed E-state index contributed by atoms with van der Waals surface area (Å²) in [5.74, 6) is 0.218. The molecule has 19 heavy (non-hydrogen) atoms. The molecule has 4 heteroatoms. The second kappa shape index (κ2) is 6.17. The van der Waals surface area contributed by atoms with Gasteiger partial charge in [-0.3, -0.25) is 0 Å². The van der Waals surface area contributed by atoms with Crippen molar-refractivity contribution in [3.8, 4) is 5.75 Å². The summed E-state index contributed by atoms with van der Waals surface area (Å²) >= 11 is 3.26. The average molecular weight is 325 g/mol. The molecule has 2 rings (SSSR count). The van der Waals surface area contributed by atoms with E-state index in [1.165, 1.54) is 6.07 Å². The number of halogens is 2. The third-order valence-corrected chi connectivity index (χ3v) is 3.45. The number of rotatable bonds is 4. The van der Waals surface area contributed by atoms with E-state index in [0.717, 1.165) is 0 Å². The molecule has 0 saturated heterocycles. The first-order valence-electron chi connectivity index (χ1n) is 5.98. The van der Waals surface area contributed by atoms with Gasteiger partial charge in [0.15, 0.2) is 0 Å². The van der Waals surface area contributed by atoms with Gasteiger partial charge in [-0.15, -0.1) is 0 Å². The Kier molecular flexibility index (Phi) is 4.56. The van der Waals surface area contributed by atoms with Gasteiger partial charge < -0.3 is 9.84 Å². The molecular formula is C15H14BrFO2. The van der Waals surface area contributed by atoms with Gasteiger partial charge in [-0.1, -0.05) is 34.1 Å². The number of aliphatic hydroxyl groups is 1. The lowest BCUT2D eigenvalue weighted by atomic mass is 10.0. The van der Waals surface area contributed by atoms with Crippen LogP contribution in [0.1, 0.15) is 24.2 Å². The third-order valence-electron chi connectivity index (χ3n) is 2.76. The SMILES string of the molecule is CCOc1cccc(C(O)c2c(F)cccc2Br)c1. The summed E-state index contributed by atoms with van der Waals surface area (Å²) in [5, 5.41) is 10.3. The molecule has 0 fully saturated rings. The largest absolute Gasteiger partial charge is 0.494 e. The first-order chi connectivity index (χ1) is 9.13. The highest BCUT2D eigenvalue weighted by molar-refractivity contribution is 9.10. The van der Waals surface area contributed by atoms with Crippen molar-refractivity contribution in [2.75, 3.05) is 6.61 Å². The molecule has 2 aromatic rings. The summed E-state index contributed by atoms with van der Waals surface area (Å²) in [4.78, 5) is 0. The number of hydrogen-bond acceptors (Lipinski definition) is 2. The van der Waals surface area contributed by atoms with E-state index < -0.39 is 11.9 Å². The summed E-state index contributed by atoms with van der Waals surface area (Å²) in [6.45, 7) is 2.43. The monoisotopic (exact) mass is 324 g/mol. The quantitative estimate of drug-likeness (QED) is 0.918. The highest BCUT2D eigenvalue weighted by Gasteiger charge is 2.18. The van der Waals surface area contributed by atoms with Crippen molar-refractivity contribution in [1.29, 1.82) is 0 Å². The molecule has 1 atom stereocenters. The van der Waals surface area contributed by atoms with Crippen LogP contribution in [-0.4, -0.2) is 11.7 Å². The van der Waals surface area contributed by atoms with Gasteiger partial charge in [-0.2, -0.15) is 0 Å². The van der Waals surface area contributed by atoms with Crippen LogP contribution in [0.4, 0.5) is 4.39 Å². The van der Waals surface area contributed by atoms with Crippen LogP contribution in [0.25, 0.3) is 0 Å². The predicted molar refractivity (Wildman–Crippen MR) is 75.8 cm³/mol. The van der Waals surface area contributed by atoms with Crippen molar-refractivity contribution in [2.24, 2.45) is 0 Å². The van der Waals surface area contributed by atoms with Crippen LogP contribution in [0.5, 0.6) is 5.75 Å². The molecule has 1 unspecified atom stereocenters. The Morgan fingerprint density at radius 2 is 2.00 bits per heavy atom. The standard InChI is InChI=1S/C15H14BrFO2/c1-2-19-11-6-3-5-10(9-11)15(18)14-12(16)7-4-8-13(14)17/h3-9,15,18H,2H2,1H3. The highest BCUT2D eigenvalue weighted by Crippen LogP contribution is 2.32. The minimum Gasteiger partial charge on any atom is -0.494 e. The molecule has 0 aliphatic rings. The van der Waals surface area contributed by atoms with Gasteiger partial charge in [0.25, 0.3) is 0 Å². The van der Waals surface area contributed by atoms with Gasteiger partial charge in [-0.25, -0.2) is 4.39 Å². The number of aliphatic hydroxyl groups excluding tert-OH is 1. The smallest absolute Gasteiger partial charge is 0.130 e. The maximum atomic E-state index is 13.8. The van der Waals surface area contributed by atoms with E-state index >= 15 is 0 Å². The van der Waals surface area contributed by atoms with Crippen molar-refractivity contribution in [2.45, 2.75) is 13.0 Å². The molecule has 0 spiro atoms. The molecule has 0 aromatic heterocycles. The Labute approximate surface area is 120 Å². The van der Waals surface area contributed by atoms with E-state index in [-0.39, 0.29) is 5.56 Å². The summed E-state index contributed by atoms with van der Waals surface area (Å²) in [6.07, 6.45) is -1.03. The molecule has 0 aliphatic heterocycles. The van der Waals surface area contributed by atoms with Gasteiger partial charge in [-0.05, 0) is 36.8 Å². The Morgan fingerprint density at radius 3 is 2.68 bits per heavy atom. The Hall–Kier alpha value is -1.39. The van der Waals surface area contributed by atoms with Gasteiger partial charge >= 0.3 is 0 Å². The first kappa shape index (κ1) is 14.0. The van der Waals surface area contributed by atoms with E-state index in [1.54, 1.807) is 36.4 Å². The normalized spacial score (nSPS) is 12.2. The maximum Gasteiger partial charge on any atom is 0.130 e. The number of benzene rings is 2. The van der Waals surface area contributed by atoms with Crippen LogP contribution in [-0.2, 0) is 0 Å². The van der Waals surface area contributed by atoms with Crippen molar-refractivity contribution in [3.63, 3.8) is 0 Å². The summed E-state index contributed by atoms with van der Waals surface area (Å²) in [6, 6.07) is 11.7. The lowest BCUT2D eigenvalue weighted by Crippen LogP contribution is -2.04. The van der Waals surface area contributed by atoms with Crippen LogP contribution >= 0.6 is 15.9 Å². The van der Waals surface area contributed by atoms with E-state index in [2.05, 4.69) is 15.9 Å². The summed E-state index contributed by atoms with van der Waals surface area (Å²) < 4.78 is 19.7. The van der Waals surface area contributed by atoms with Gasteiger partial charge in [0, 0.05) is 10.0 Å². The molecule has 2 aromatic carbocycles. The fraction of sp³-hybridized carbons (Fsp3) is 0.200. The second-order valence-electron chi connectivity index (χ2n) is 4.04. The molecular weight excluding hydrogens is 311 g/mol. The molecule has 100 valence electrons. The van der Waals surface area contributed by atoms with E-state index in [9.17, 15) is 9.50 Å². The molecule has 0 heterocycles. The van der Waals surface area contributed by atoms with Crippen molar-refractivity contribution in [1.82, 2.24) is 0 Å². The van der Waals surface area contributed by atoms with E-state index in [4.69, 9.17) is 4.74 Å². The Bertz CT molecular complexity index is 552. The highest BCUT2D eigenvalue weighted by atomic mass is 79.9. The number of ether oxygens (including phenoxy) is 1. The van der Waals surface area contributed by atoms with Crippen LogP contribution in [0.2, 0.25) is 0 Å². The lowest BCUT2D eigenvalue weighted by Gasteiger charge is -2.15. The zero-order chi connectivity index (χ0) is 13.8. The molecule has 0 radical (unpaired) electrons. The van der Waals surface area contributed by atoms with E-state index in [0.29, 0.717) is 22.4 Å². The minimum atomic E-state index is -1.03. The molecule has 0 aliphatic carbocycles. The molecule has 1 N–H and O–H groups in total. The molecule has 0 saturated carbocycles. The fourth-order valence-corrected chi connectivity index (χ4v) is 2.44. The van der Waals surface area contributed by atoms with Gasteiger partial charge in [0.05, 0.1) is 6.61 Å². The van der Waals surface area contributed by atoms with Crippen molar-refractivity contribution >= 4 is 15.9 Å². The van der Waals surface area contributed by atoms with Crippen LogP contribution < -0.4 is 4.74 Å². The predicted octanol–water partition coefficient (Wildman–Crippen LogP) is 4.07. The average Bonchev–Trinajstić information content (AvgIpc) is 2.39. The number of hydrogen-bond donors (Lipinski definition) is 1. The van der Waals surface area contributed by atoms with Crippen LogP contribution in [0.3, 0.4) is 0 Å². The Balaban J connectivity index is 2.38. The first-order valence-corrected chi connectivity index (χ1v) is 6.77. The zero-order valence-electron chi connectivity index (χ0n) is 10.4. The van der Waals surface area contributed by atoms with Crippen molar-refractivity contribution < 1.29 is 14.2 Å². The van der Waals surface area contributed by atoms with Crippen LogP contribution in [0.15, 0.2) is 46.9 Å². The minimum absolute atomic E-state index is 0.233. The molecule has 0 amide bonds.